The molecule has 5 nitrogen and oxygen atoms in total. The Morgan fingerprint density at radius 2 is 2.10 bits per heavy atom. The lowest BCUT2D eigenvalue weighted by Crippen LogP contribution is -2.44. The number of halogens is 1. The van der Waals surface area contributed by atoms with Crippen molar-refractivity contribution in [1.82, 2.24) is 10.6 Å². The SMILES string of the molecule is CC(NC(=O)NC(CC(=O)O)C1CC1)c1cccc(Br)c1. The second-order valence-electron chi connectivity index (χ2n) is 5.44. The number of carboxylic acids is 1. The van der Waals surface area contributed by atoms with E-state index < -0.39 is 5.97 Å². The number of nitrogens with one attached hydrogen (secondary N) is 2. The van der Waals surface area contributed by atoms with E-state index in [1.54, 1.807) is 0 Å². The lowest BCUT2D eigenvalue weighted by molar-refractivity contribution is -0.137. The van der Waals surface area contributed by atoms with Crippen LogP contribution in [0.5, 0.6) is 0 Å². The molecule has 1 aliphatic carbocycles. The molecule has 1 saturated carbocycles. The van der Waals surface area contributed by atoms with Crippen LogP contribution in [0.4, 0.5) is 4.79 Å². The largest absolute Gasteiger partial charge is 0.481 e. The Hall–Kier alpha value is -1.56. The molecule has 2 atom stereocenters. The van der Waals surface area contributed by atoms with Gasteiger partial charge in [0.1, 0.15) is 0 Å². The summed E-state index contributed by atoms with van der Waals surface area (Å²) in [6.07, 6.45) is 1.95. The van der Waals surface area contributed by atoms with Crippen LogP contribution < -0.4 is 10.6 Å². The van der Waals surface area contributed by atoms with Crippen LogP contribution in [0.25, 0.3) is 0 Å². The molecular weight excluding hydrogens is 336 g/mol. The summed E-state index contributed by atoms with van der Waals surface area (Å²) in [4.78, 5) is 22.8. The summed E-state index contributed by atoms with van der Waals surface area (Å²) in [5.74, 6) is -0.583. The normalized spacial score (nSPS) is 16.9. The smallest absolute Gasteiger partial charge is 0.315 e. The average molecular weight is 355 g/mol. The van der Waals surface area contributed by atoms with Crippen LogP contribution >= 0.6 is 15.9 Å². The lowest BCUT2D eigenvalue weighted by atomic mass is 10.1. The van der Waals surface area contributed by atoms with Gasteiger partial charge in [0.05, 0.1) is 12.5 Å². The number of aliphatic carboxylic acids is 1. The Kier molecular flexibility index (Phi) is 5.22. The van der Waals surface area contributed by atoms with Crippen LogP contribution in [-0.2, 0) is 4.79 Å². The molecule has 6 heteroatoms. The first-order chi connectivity index (χ1) is 9.95. The summed E-state index contributed by atoms with van der Waals surface area (Å²) >= 11 is 3.40. The summed E-state index contributed by atoms with van der Waals surface area (Å²) in [6.45, 7) is 1.89. The first kappa shape index (κ1) is 15.8. The number of carbonyl (C=O) groups excluding carboxylic acids is 1. The molecule has 0 heterocycles. The standard InChI is InChI=1S/C15H19BrN2O3/c1-9(11-3-2-4-12(16)7-11)17-15(21)18-13(8-14(19)20)10-5-6-10/h2-4,7,9-10,13H,5-6,8H2,1H3,(H,19,20)(H2,17,18,21). The number of hydrogen-bond donors (Lipinski definition) is 3. The second kappa shape index (κ2) is 6.93. The van der Waals surface area contributed by atoms with E-state index in [1.165, 1.54) is 0 Å². The molecular formula is C15H19BrN2O3. The van der Waals surface area contributed by atoms with Crippen LogP contribution in [-0.4, -0.2) is 23.1 Å². The van der Waals surface area contributed by atoms with E-state index in [0.717, 1.165) is 22.9 Å². The van der Waals surface area contributed by atoms with Crippen molar-refractivity contribution in [2.75, 3.05) is 0 Å². The molecule has 2 amide bonds. The van der Waals surface area contributed by atoms with Gasteiger partial charge in [0.2, 0.25) is 0 Å². The zero-order valence-corrected chi connectivity index (χ0v) is 13.4. The predicted molar refractivity (Wildman–Crippen MR) is 83.0 cm³/mol. The van der Waals surface area contributed by atoms with Crippen molar-refractivity contribution in [1.29, 1.82) is 0 Å². The van der Waals surface area contributed by atoms with Crippen molar-refractivity contribution in [2.24, 2.45) is 5.92 Å². The Labute approximate surface area is 132 Å². The quantitative estimate of drug-likeness (QED) is 0.734. The fourth-order valence-electron chi connectivity index (χ4n) is 2.29. The number of hydrogen-bond acceptors (Lipinski definition) is 2. The van der Waals surface area contributed by atoms with Gasteiger partial charge in [-0.05, 0) is 43.4 Å². The van der Waals surface area contributed by atoms with Crippen LogP contribution in [0.1, 0.15) is 37.8 Å². The Bertz CT molecular complexity index is 531. The van der Waals surface area contributed by atoms with Crippen molar-refractivity contribution in [2.45, 2.75) is 38.3 Å². The van der Waals surface area contributed by atoms with E-state index in [-0.39, 0.29) is 24.5 Å². The topological polar surface area (TPSA) is 78.4 Å². The van der Waals surface area contributed by atoms with E-state index >= 15 is 0 Å². The van der Waals surface area contributed by atoms with Crippen LogP contribution in [0.3, 0.4) is 0 Å². The number of rotatable bonds is 6. The van der Waals surface area contributed by atoms with Gasteiger partial charge >= 0.3 is 12.0 Å². The van der Waals surface area contributed by atoms with Gasteiger partial charge in [0.25, 0.3) is 0 Å². The van der Waals surface area contributed by atoms with Crippen molar-refractivity contribution < 1.29 is 14.7 Å². The van der Waals surface area contributed by atoms with Gasteiger partial charge in [0, 0.05) is 10.5 Å². The molecule has 0 saturated heterocycles. The zero-order valence-electron chi connectivity index (χ0n) is 11.8. The maximum Gasteiger partial charge on any atom is 0.315 e. The molecule has 0 spiro atoms. The van der Waals surface area contributed by atoms with E-state index in [0.29, 0.717) is 5.92 Å². The fraction of sp³-hybridized carbons (Fsp3) is 0.467. The highest BCUT2D eigenvalue weighted by Gasteiger charge is 2.33. The highest BCUT2D eigenvalue weighted by atomic mass is 79.9. The monoisotopic (exact) mass is 354 g/mol. The molecule has 3 N–H and O–H groups in total. The molecule has 2 unspecified atom stereocenters. The zero-order chi connectivity index (χ0) is 15.4. The first-order valence-electron chi connectivity index (χ1n) is 7.00. The molecule has 114 valence electrons. The number of benzene rings is 1. The van der Waals surface area contributed by atoms with Gasteiger partial charge in [-0.25, -0.2) is 4.79 Å². The molecule has 0 aromatic heterocycles. The summed E-state index contributed by atoms with van der Waals surface area (Å²) in [5, 5.41) is 14.5. The molecule has 2 rings (SSSR count). The second-order valence-corrected chi connectivity index (χ2v) is 6.35. The first-order valence-corrected chi connectivity index (χ1v) is 7.79. The van der Waals surface area contributed by atoms with E-state index in [9.17, 15) is 9.59 Å². The van der Waals surface area contributed by atoms with E-state index in [4.69, 9.17) is 5.11 Å². The van der Waals surface area contributed by atoms with Gasteiger partial charge in [-0.1, -0.05) is 28.1 Å². The summed E-state index contributed by atoms with van der Waals surface area (Å²) < 4.78 is 0.954. The van der Waals surface area contributed by atoms with Crippen LogP contribution in [0, 0.1) is 5.92 Å². The van der Waals surface area contributed by atoms with Gasteiger partial charge in [-0.2, -0.15) is 0 Å². The maximum atomic E-state index is 12.0. The Morgan fingerprint density at radius 1 is 1.38 bits per heavy atom. The third-order valence-electron chi connectivity index (χ3n) is 3.60. The van der Waals surface area contributed by atoms with Crippen molar-refractivity contribution in [3.05, 3.63) is 34.3 Å². The molecule has 0 aliphatic heterocycles. The summed E-state index contributed by atoms with van der Waals surface area (Å²) in [7, 11) is 0. The minimum atomic E-state index is -0.882. The van der Waals surface area contributed by atoms with Gasteiger partial charge < -0.3 is 15.7 Å². The average Bonchev–Trinajstić information content (AvgIpc) is 3.21. The Balaban J connectivity index is 1.89. The number of amides is 2. The number of carbonyl (C=O) groups is 2. The highest BCUT2D eigenvalue weighted by Crippen LogP contribution is 2.34. The third kappa shape index (κ3) is 5.04. The summed E-state index contributed by atoms with van der Waals surface area (Å²) in [5.41, 5.74) is 0.987. The molecule has 1 aromatic rings. The van der Waals surface area contributed by atoms with Gasteiger partial charge in [-0.3, -0.25) is 4.79 Å². The molecule has 1 aromatic carbocycles. The minimum Gasteiger partial charge on any atom is -0.481 e. The van der Waals surface area contributed by atoms with Crippen molar-refractivity contribution in [3.63, 3.8) is 0 Å². The molecule has 0 bridgehead atoms. The number of carboxylic acid groups (broad SMARTS) is 1. The fourth-order valence-corrected chi connectivity index (χ4v) is 2.71. The van der Waals surface area contributed by atoms with Crippen LogP contribution in [0.2, 0.25) is 0 Å². The van der Waals surface area contributed by atoms with Gasteiger partial charge in [-0.15, -0.1) is 0 Å². The van der Waals surface area contributed by atoms with E-state index in [2.05, 4.69) is 26.6 Å². The third-order valence-corrected chi connectivity index (χ3v) is 4.09. The number of urea groups is 1. The van der Waals surface area contributed by atoms with Crippen LogP contribution in [0.15, 0.2) is 28.7 Å². The predicted octanol–water partition coefficient (Wildman–Crippen LogP) is 3.06. The molecule has 21 heavy (non-hydrogen) atoms. The van der Waals surface area contributed by atoms with Crippen molar-refractivity contribution >= 4 is 27.9 Å². The maximum absolute atomic E-state index is 12.0. The molecule has 0 radical (unpaired) electrons. The minimum absolute atomic E-state index is 0.0245. The summed E-state index contributed by atoms with van der Waals surface area (Å²) in [6, 6.07) is 6.97. The molecule has 1 aliphatic rings. The van der Waals surface area contributed by atoms with E-state index in [1.807, 2.05) is 31.2 Å². The highest BCUT2D eigenvalue weighted by molar-refractivity contribution is 9.10. The van der Waals surface area contributed by atoms with Crippen molar-refractivity contribution in [3.8, 4) is 0 Å². The Morgan fingerprint density at radius 3 is 2.67 bits per heavy atom. The van der Waals surface area contributed by atoms with Gasteiger partial charge in [0.15, 0.2) is 0 Å². The lowest BCUT2D eigenvalue weighted by Gasteiger charge is -2.20. The molecule has 1 fully saturated rings.